The number of carboxylic acid groups (broad SMARTS) is 1. The number of aromatic nitrogens is 2. The number of amides is 2. The summed E-state index contributed by atoms with van der Waals surface area (Å²) in [4.78, 5) is 48.2. The van der Waals surface area contributed by atoms with Crippen molar-refractivity contribution in [2.24, 2.45) is 0 Å². The van der Waals surface area contributed by atoms with Crippen LogP contribution in [-0.4, -0.2) is 98.8 Å². The summed E-state index contributed by atoms with van der Waals surface area (Å²) in [6.45, 7) is 8.33. The first-order valence-corrected chi connectivity index (χ1v) is 19.1. The fourth-order valence-electron chi connectivity index (χ4n) is 5.72. The number of hydrogen-bond donors (Lipinski definition) is 3. The molecule has 1 aromatic heterocycles. The van der Waals surface area contributed by atoms with Crippen molar-refractivity contribution in [1.29, 1.82) is 0 Å². The van der Waals surface area contributed by atoms with E-state index in [1.807, 2.05) is 44.2 Å². The summed E-state index contributed by atoms with van der Waals surface area (Å²) in [5.74, 6) is -1.67. The number of rotatable bonds is 25. The van der Waals surface area contributed by atoms with Crippen LogP contribution in [0.3, 0.4) is 0 Å². The summed E-state index contributed by atoms with van der Waals surface area (Å²) < 4.78 is 61.3. The number of nitrogens with one attached hydrogen (secondary N) is 2. The molecule has 0 spiro atoms. The van der Waals surface area contributed by atoms with Gasteiger partial charge in [0.2, 0.25) is 0 Å². The van der Waals surface area contributed by atoms with E-state index in [1.165, 1.54) is 24.4 Å². The van der Waals surface area contributed by atoms with Gasteiger partial charge in [-0.15, -0.1) is 0 Å². The lowest BCUT2D eigenvalue weighted by atomic mass is 10.1. The Morgan fingerprint density at radius 1 is 0.759 bits per heavy atom. The number of anilines is 2. The standard InChI is InChI=1S/C42H50F3N5O8/c1-3-50(4-2)34-13-14-36(35(28-34)39-46-17-15-37(48-39)41(54)47-29-31-9-6-12-33(27-31)42(43,44)45)49-40(53)32-11-5-8-30(26-32)10-7-18-55-20-22-57-24-25-58-23-21-56-19-16-38(51)52/h5-6,8-9,11-15,17,26-28H,3-4,7,10,16,18-25,29H2,1-2H3,(H,47,54)(H,49,53)(H,51,52). The number of carbonyl (C=O) groups excluding carboxylic acids is 2. The van der Waals surface area contributed by atoms with Crippen LogP contribution in [0.4, 0.5) is 24.5 Å². The van der Waals surface area contributed by atoms with Crippen LogP contribution in [0.5, 0.6) is 0 Å². The second-order valence-electron chi connectivity index (χ2n) is 12.9. The molecule has 0 saturated carbocycles. The molecule has 0 aliphatic rings. The maximum atomic E-state index is 13.6. The summed E-state index contributed by atoms with van der Waals surface area (Å²) in [6, 6.07) is 19.0. The highest BCUT2D eigenvalue weighted by atomic mass is 19.4. The van der Waals surface area contributed by atoms with Gasteiger partial charge in [-0.2, -0.15) is 13.2 Å². The molecule has 2 amide bonds. The molecule has 58 heavy (non-hydrogen) atoms. The van der Waals surface area contributed by atoms with Crippen molar-refractivity contribution in [1.82, 2.24) is 15.3 Å². The lowest BCUT2D eigenvalue weighted by Gasteiger charge is -2.22. The molecule has 312 valence electrons. The van der Waals surface area contributed by atoms with Crippen LogP contribution in [0.1, 0.15) is 64.2 Å². The molecule has 0 bridgehead atoms. The largest absolute Gasteiger partial charge is 0.481 e. The highest BCUT2D eigenvalue weighted by molar-refractivity contribution is 6.06. The Morgan fingerprint density at radius 3 is 2.09 bits per heavy atom. The molecule has 0 aliphatic heterocycles. The van der Waals surface area contributed by atoms with Gasteiger partial charge in [0.25, 0.3) is 11.8 Å². The van der Waals surface area contributed by atoms with E-state index < -0.39 is 23.6 Å². The van der Waals surface area contributed by atoms with E-state index in [2.05, 4.69) is 25.5 Å². The lowest BCUT2D eigenvalue weighted by Crippen LogP contribution is -2.24. The topological polar surface area (TPSA) is 161 Å². The fraction of sp³-hybridized carbons (Fsp3) is 0.405. The van der Waals surface area contributed by atoms with Gasteiger partial charge in [0.15, 0.2) is 5.82 Å². The quantitative estimate of drug-likeness (QED) is 0.0614. The number of alkyl halides is 3. The Morgan fingerprint density at radius 2 is 1.41 bits per heavy atom. The number of carbonyl (C=O) groups is 3. The molecule has 16 heteroatoms. The highest BCUT2D eigenvalue weighted by Crippen LogP contribution is 2.32. The molecule has 0 aliphatic carbocycles. The third kappa shape index (κ3) is 15.2. The molecule has 3 N–H and O–H groups in total. The van der Waals surface area contributed by atoms with Crippen molar-refractivity contribution >= 4 is 29.2 Å². The van der Waals surface area contributed by atoms with Gasteiger partial charge in [-0.3, -0.25) is 14.4 Å². The van der Waals surface area contributed by atoms with Gasteiger partial charge in [0.1, 0.15) is 5.69 Å². The van der Waals surface area contributed by atoms with Crippen molar-refractivity contribution in [3.05, 3.63) is 107 Å². The first kappa shape index (κ1) is 45.3. The zero-order chi connectivity index (χ0) is 41.8. The van der Waals surface area contributed by atoms with Crippen LogP contribution < -0.4 is 15.5 Å². The van der Waals surface area contributed by atoms with Crippen molar-refractivity contribution < 1.29 is 51.6 Å². The van der Waals surface area contributed by atoms with E-state index in [4.69, 9.17) is 24.1 Å². The molecule has 3 aromatic carbocycles. The maximum Gasteiger partial charge on any atom is 0.416 e. The molecule has 0 radical (unpaired) electrons. The molecule has 4 aromatic rings. The number of hydrogen-bond acceptors (Lipinski definition) is 10. The van der Waals surface area contributed by atoms with Gasteiger partial charge in [-0.05, 0) is 86.3 Å². The zero-order valence-corrected chi connectivity index (χ0v) is 32.7. The zero-order valence-electron chi connectivity index (χ0n) is 32.7. The average molecular weight is 810 g/mol. The minimum Gasteiger partial charge on any atom is -0.481 e. The van der Waals surface area contributed by atoms with Crippen molar-refractivity contribution in [2.45, 2.75) is 45.8 Å². The van der Waals surface area contributed by atoms with Gasteiger partial charge >= 0.3 is 12.1 Å². The lowest BCUT2D eigenvalue weighted by molar-refractivity contribution is -0.139. The number of benzene rings is 3. The molecule has 0 atom stereocenters. The molecular formula is C42H50F3N5O8. The minimum absolute atomic E-state index is 0.00641. The van der Waals surface area contributed by atoms with E-state index >= 15 is 0 Å². The molecule has 13 nitrogen and oxygen atoms in total. The summed E-state index contributed by atoms with van der Waals surface area (Å²) in [6.07, 6.45) is -1.71. The normalized spacial score (nSPS) is 11.3. The van der Waals surface area contributed by atoms with Crippen LogP contribution in [0.15, 0.2) is 79.0 Å². The van der Waals surface area contributed by atoms with Gasteiger partial charge in [0, 0.05) is 49.3 Å². The van der Waals surface area contributed by atoms with Gasteiger partial charge < -0.3 is 39.6 Å². The molecule has 4 rings (SSSR count). The van der Waals surface area contributed by atoms with Crippen LogP contribution in [0, 0.1) is 0 Å². The van der Waals surface area contributed by atoms with Crippen LogP contribution in [0.25, 0.3) is 11.4 Å². The van der Waals surface area contributed by atoms with Gasteiger partial charge in [0.05, 0.1) is 63.9 Å². The highest BCUT2D eigenvalue weighted by Gasteiger charge is 2.30. The van der Waals surface area contributed by atoms with E-state index in [9.17, 15) is 27.6 Å². The predicted molar refractivity (Wildman–Crippen MR) is 212 cm³/mol. The summed E-state index contributed by atoms with van der Waals surface area (Å²) in [7, 11) is 0. The van der Waals surface area contributed by atoms with Crippen LogP contribution >= 0.6 is 0 Å². The summed E-state index contributed by atoms with van der Waals surface area (Å²) in [5, 5.41) is 14.2. The first-order chi connectivity index (χ1) is 28.0. The number of halogens is 3. The Labute approximate surface area is 335 Å². The molecule has 0 saturated heterocycles. The molecule has 0 unspecified atom stereocenters. The maximum absolute atomic E-state index is 13.6. The predicted octanol–water partition coefficient (Wildman–Crippen LogP) is 6.66. The molecule has 1 heterocycles. The molecule has 0 fully saturated rings. The smallest absolute Gasteiger partial charge is 0.416 e. The van der Waals surface area contributed by atoms with E-state index in [0.29, 0.717) is 69.5 Å². The van der Waals surface area contributed by atoms with Crippen LogP contribution in [0.2, 0.25) is 0 Å². The minimum atomic E-state index is -4.51. The number of ether oxygens (including phenoxy) is 4. The van der Waals surface area contributed by atoms with E-state index in [-0.39, 0.29) is 42.6 Å². The monoisotopic (exact) mass is 809 g/mol. The second kappa shape index (κ2) is 23.7. The number of carboxylic acids is 1. The second-order valence-corrected chi connectivity index (χ2v) is 12.9. The van der Waals surface area contributed by atoms with Crippen molar-refractivity contribution in [3.63, 3.8) is 0 Å². The third-order valence-electron chi connectivity index (χ3n) is 8.74. The molecular weight excluding hydrogens is 759 g/mol. The summed E-state index contributed by atoms with van der Waals surface area (Å²) in [5.41, 5.74) is 2.66. The van der Waals surface area contributed by atoms with Gasteiger partial charge in [-0.1, -0.05) is 24.3 Å². The van der Waals surface area contributed by atoms with Gasteiger partial charge in [-0.25, -0.2) is 9.97 Å². The van der Waals surface area contributed by atoms with E-state index in [1.54, 1.807) is 12.1 Å². The van der Waals surface area contributed by atoms with Crippen LogP contribution in [-0.2, 0) is 42.9 Å². The Balaban J connectivity index is 1.31. The Bertz CT molecular complexity index is 1930. The number of aliphatic carboxylic acids is 1. The Kier molecular flexibility index (Phi) is 18.5. The SMILES string of the molecule is CCN(CC)c1ccc(NC(=O)c2cccc(CCCOCCOCCOCCOCCC(=O)O)c2)c(-c2nccc(C(=O)NCc3cccc(C(F)(F)F)c3)n2)c1. The van der Waals surface area contributed by atoms with Crippen molar-refractivity contribution in [3.8, 4) is 11.4 Å². The van der Waals surface area contributed by atoms with Crippen molar-refractivity contribution in [2.75, 3.05) is 76.2 Å². The number of aryl methyl sites for hydroxylation is 1. The third-order valence-corrected chi connectivity index (χ3v) is 8.74. The summed E-state index contributed by atoms with van der Waals surface area (Å²) >= 11 is 0. The first-order valence-electron chi connectivity index (χ1n) is 19.1. The Hall–Kier alpha value is -5.42. The average Bonchev–Trinajstić information content (AvgIpc) is 3.22. The number of nitrogens with zero attached hydrogens (tertiary/aromatic N) is 3. The fourth-order valence-corrected chi connectivity index (χ4v) is 5.72. The van der Waals surface area contributed by atoms with E-state index in [0.717, 1.165) is 42.9 Å².